The van der Waals surface area contributed by atoms with Gasteiger partial charge in [0.05, 0.1) is 25.1 Å². The van der Waals surface area contributed by atoms with Crippen LogP contribution in [-0.4, -0.2) is 35.8 Å². The molecule has 1 atom stereocenters. The number of aromatic nitrogens is 2. The lowest BCUT2D eigenvalue weighted by Gasteiger charge is -2.27. The Morgan fingerprint density at radius 2 is 1.93 bits per heavy atom. The summed E-state index contributed by atoms with van der Waals surface area (Å²) >= 11 is 0. The highest BCUT2D eigenvalue weighted by Gasteiger charge is 2.16. The Morgan fingerprint density at radius 1 is 1.04 bits per heavy atom. The van der Waals surface area contributed by atoms with E-state index in [1.165, 1.54) is 12.0 Å². The number of ether oxygens (including phenoxy) is 2. The molecule has 3 heterocycles. The van der Waals surface area contributed by atoms with E-state index in [-0.39, 0.29) is 0 Å². The van der Waals surface area contributed by atoms with Crippen LogP contribution >= 0.6 is 0 Å². The second-order valence-corrected chi connectivity index (χ2v) is 6.96. The highest BCUT2D eigenvalue weighted by atomic mass is 16.5. The van der Waals surface area contributed by atoms with E-state index < -0.39 is 0 Å². The van der Waals surface area contributed by atoms with E-state index in [2.05, 4.69) is 22.4 Å². The molecule has 1 fully saturated rings. The molecule has 3 aromatic rings. The van der Waals surface area contributed by atoms with Crippen molar-refractivity contribution in [2.75, 3.05) is 19.8 Å². The van der Waals surface area contributed by atoms with E-state index in [0.29, 0.717) is 25.9 Å². The number of hydrogen-bond donors (Lipinski definition) is 1. The van der Waals surface area contributed by atoms with Gasteiger partial charge >= 0.3 is 0 Å². The molecule has 0 spiro atoms. The summed E-state index contributed by atoms with van der Waals surface area (Å²) in [7, 11) is 0. The first kappa shape index (κ1) is 18.6. The van der Waals surface area contributed by atoms with Crippen molar-refractivity contribution in [3.63, 3.8) is 0 Å². The summed E-state index contributed by atoms with van der Waals surface area (Å²) < 4.78 is 11.6. The van der Waals surface area contributed by atoms with E-state index in [1.54, 1.807) is 6.20 Å². The summed E-state index contributed by atoms with van der Waals surface area (Å²) in [4.78, 5) is 9.07. The molecule has 0 amide bonds. The molecular weight excluding hydrogens is 350 g/mol. The van der Waals surface area contributed by atoms with Crippen molar-refractivity contribution in [1.82, 2.24) is 15.3 Å². The minimum Gasteiger partial charge on any atom is -0.490 e. The van der Waals surface area contributed by atoms with E-state index in [9.17, 15) is 0 Å². The van der Waals surface area contributed by atoms with Crippen molar-refractivity contribution >= 4 is 0 Å². The standard InChI is InChI=1S/C23H25N3O2/c1-2-5-18(6-3-1)16-27-12-10-20-7-4-8-23(26-20)19-13-22(15-24-14-19)28-17-21-9-11-25-21/h1-8,13-15,21,25H,9-12,16-17H2. The number of pyridine rings is 2. The van der Waals surface area contributed by atoms with Crippen LogP contribution in [0.4, 0.5) is 0 Å². The first-order valence-electron chi connectivity index (χ1n) is 9.76. The molecule has 5 nitrogen and oxygen atoms in total. The molecule has 1 aliphatic rings. The maximum Gasteiger partial charge on any atom is 0.138 e. The Kier molecular flexibility index (Phi) is 6.27. The fourth-order valence-electron chi connectivity index (χ4n) is 3.05. The number of rotatable bonds is 9. The fraction of sp³-hybridized carbons (Fsp3) is 0.304. The largest absolute Gasteiger partial charge is 0.490 e. The molecule has 0 saturated carbocycles. The predicted molar refractivity (Wildman–Crippen MR) is 109 cm³/mol. The van der Waals surface area contributed by atoms with Crippen molar-refractivity contribution in [3.8, 4) is 17.0 Å². The molecule has 1 unspecified atom stereocenters. The summed E-state index contributed by atoms with van der Waals surface area (Å²) in [6.07, 6.45) is 5.52. The van der Waals surface area contributed by atoms with Crippen LogP contribution < -0.4 is 10.1 Å². The molecule has 5 heteroatoms. The lowest BCUT2D eigenvalue weighted by molar-refractivity contribution is 0.123. The predicted octanol–water partition coefficient (Wildman–Crippen LogP) is 3.64. The van der Waals surface area contributed by atoms with Gasteiger partial charge in [-0.05, 0) is 36.7 Å². The van der Waals surface area contributed by atoms with Crippen molar-refractivity contribution in [1.29, 1.82) is 0 Å². The average molecular weight is 375 g/mol. The molecule has 0 bridgehead atoms. The summed E-state index contributed by atoms with van der Waals surface area (Å²) in [5, 5.41) is 3.33. The molecule has 2 aromatic heterocycles. The van der Waals surface area contributed by atoms with E-state index in [0.717, 1.165) is 35.7 Å². The number of nitrogens with one attached hydrogen (secondary N) is 1. The van der Waals surface area contributed by atoms with Crippen LogP contribution in [0.15, 0.2) is 67.0 Å². The molecule has 1 saturated heterocycles. The topological polar surface area (TPSA) is 56.3 Å². The maximum absolute atomic E-state index is 5.85. The molecule has 28 heavy (non-hydrogen) atoms. The van der Waals surface area contributed by atoms with Gasteiger partial charge < -0.3 is 14.8 Å². The van der Waals surface area contributed by atoms with Crippen LogP contribution in [0.2, 0.25) is 0 Å². The van der Waals surface area contributed by atoms with E-state index in [4.69, 9.17) is 14.5 Å². The van der Waals surface area contributed by atoms with Gasteiger partial charge in [0.15, 0.2) is 0 Å². The highest BCUT2D eigenvalue weighted by Crippen LogP contribution is 2.22. The first-order valence-corrected chi connectivity index (χ1v) is 9.76. The van der Waals surface area contributed by atoms with Gasteiger partial charge in [0, 0.05) is 29.9 Å². The van der Waals surface area contributed by atoms with Crippen LogP contribution in [0.25, 0.3) is 11.3 Å². The normalized spacial score (nSPS) is 15.8. The van der Waals surface area contributed by atoms with Crippen molar-refractivity contribution in [2.24, 2.45) is 0 Å². The van der Waals surface area contributed by atoms with Crippen LogP contribution in [-0.2, 0) is 17.8 Å². The van der Waals surface area contributed by atoms with Crippen molar-refractivity contribution in [2.45, 2.75) is 25.5 Å². The number of hydrogen-bond acceptors (Lipinski definition) is 5. The maximum atomic E-state index is 5.85. The van der Waals surface area contributed by atoms with Gasteiger partial charge in [0.2, 0.25) is 0 Å². The highest BCUT2D eigenvalue weighted by molar-refractivity contribution is 5.59. The zero-order chi connectivity index (χ0) is 19.0. The lowest BCUT2D eigenvalue weighted by Crippen LogP contribution is -2.46. The zero-order valence-electron chi connectivity index (χ0n) is 15.9. The third-order valence-electron chi connectivity index (χ3n) is 4.81. The van der Waals surface area contributed by atoms with Gasteiger partial charge in [-0.15, -0.1) is 0 Å². The van der Waals surface area contributed by atoms with Gasteiger partial charge in [0.1, 0.15) is 12.4 Å². The van der Waals surface area contributed by atoms with Gasteiger partial charge in [-0.3, -0.25) is 9.97 Å². The molecule has 0 radical (unpaired) electrons. The van der Waals surface area contributed by atoms with Crippen LogP contribution in [0.1, 0.15) is 17.7 Å². The molecule has 1 aromatic carbocycles. The van der Waals surface area contributed by atoms with E-state index in [1.807, 2.05) is 48.7 Å². The Labute approximate surface area is 165 Å². The molecule has 1 N–H and O–H groups in total. The molecule has 4 rings (SSSR count). The minimum atomic E-state index is 0.459. The lowest BCUT2D eigenvalue weighted by atomic mass is 10.1. The Bertz CT molecular complexity index is 882. The van der Waals surface area contributed by atoms with E-state index >= 15 is 0 Å². The summed E-state index contributed by atoms with van der Waals surface area (Å²) in [5.41, 5.74) is 4.06. The SMILES string of the molecule is c1ccc(COCCc2cccc(-c3cncc(OCC4CCN4)c3)n2)cc1. The summed E-state index contributed by atoms with van der Waals surface area (Å²) in [6, 6.07) is 18.7. The van der Waals surface area contributed by atoms with Crippen LogP contribution in [0.5, 0.6) is 5.75 Å². The quantitative estimate of drug-likeness (QED) is 0.579. The molecule has 144 valence electrons. The minimum absolute atomic E-state index is 0.459. The Hall–Kier alpha value is -2.76. The zero-order valence-corrected chi connectivity index (χ0v) is 15.9. The monoisotopic (exact) mass is 375 g/mol. The van der Waals surface area contributed by atoms with Gasteiger partial charge in [0.25, 0.3) is 0 Å². The third kappa shape index (κ3) is 5.15. The van der Waals surface area contributed by atoms with Gasteiger partial charge in [-0.1, -0.05) is 36.4 Å². The first-order chi connectivity index (χ1) is 13.9. The van der Waals surface area contributed by atoms with Gasteiger partial charge in [-0.25, -0.2) is 0 Å². The molecule has 1 aliphatic heterocycles. The average Bonchev–Trinajstić information content (AvgIpc) is 2.71. The van der Waals surface area contributed by atoms with Crippen molar-refractivity contribution < 1.29 is 9.47 Å². The van der Waals surface area contributed by atoms with Crippen LogP contribution in [0.3, 0.4) is 0 Å². The molecule has 0 aliphatic carbocycles. The number of nitrogens with zero attached hydrogens (tertiary/aromatic N) is 2. The fourth-order valence-corrected chi connectivity index (χ4v) is 3.05. The Balaban J connectivity index is 1.32. The number of benzene rings is 1. The summed E-state index contributed by atoms with van der Waals surface area (Å²) in [6.45, 7) is 3.02. The smallest absolute Gasteiger partial charge is 0.138 e. The Morgan fingerprint density at radius 3 is 2.75 bits per heavy atom. The second-order valence-electron chi connectivity index (χ2n) is 6.96. The van der Waals surface area contributed by atoms with Crippen molar-refractivity contribution in [3.05, 3.63) is 78.2 Å². The molecular formula is C23H25N3O2. The van der Waals surface area contributed by atoms with Gasteiger partial charge in [-0.2, -0.15) is 0 Å². The van der Waals surface area contributed by atoms with Crippen LogP contribution in [0, 0.1) is 0 Å². The third-order valence-corrected chi connectivity index (χ3v) is 4.81. The second kappa shape index (κ2) is 9.44. The summed E-state index contributed by atoms with van der Waals surface area (Å²) in [5.74, 6) is 0.782.